The number of rotatable bonds is 7. The van der Waals surface area contributed by atoms with Crippen LogP contribution < -0.4 is 10.1 Å². The molecule has 3 rings (SSSR count). The first kappa shape index (κ1) is 19.0. The van der Waals surface area contributed by atoms with E-state index in [1.54, 1.807) is 10.8 Å². The molecule has 2 aromatic rings. The Bertz CT molecular complexity index is 875. The van der Waals surface area contributed by atoms with Gasteiger partial charge in [-0.2, -0.15) is 18.4 Å². The number of nitrogens with zero attached hydrogens (tertiary/aromatic N) is 5. The number of nitrogens with one attached hydrogen (secondary N) is 1. The van der Waals surface area contributed by atoms with Gasteiger partial charge < -0.3 is 10.1 Å². The molecule has 1 amide bonds. The number of alkyl halides is 3. The Balaban J connectivity index is 1.57. The summed E-state index contributed by atoms with van der Waals surface area (Å²) in [5.74, 6) is -0.523. The lowest BCUT2D eigenvalue weighted by molar-refractivity contribution is -0.153. The van der Waals surface area contributed by atoms with Crippen molar-refractivity contribution in [1.82, 2.24) is 20.2 Å². The van der Waals surface area contributed by atoms with Crippen molar-refractivity contribution >= 4 is 23.4 Å². The average molecular weight is 398 g/mol. The fourth-order valence-corrected chi connectivity index (χ4v) is 2.88. The summed E-state index contributed by atoms with van der Waals surface area (Å²) in [5.41, 5.74) is 0.167. The molecule has 0 bridgehead atoms. The fraction of sp³-hybridized carbons (Fsp3) is 0.400. The van der Waals surface area contributed by atoms with Crippen molar-refractivity contribution in [3.8, 4) is 11.8 Å². The highest BCUT2D eigenvalue weighted by atomic mass is 32.2. The molecule has 1 N–H and O–H groups in total. The number of anilines is 1. The Kier molecular flexibility index (Phi) is 5.50. The third-order valence-corrected chi connectivity index (χ3v) is 4.40. The van der Waals surface area contributed by atoms with Crippen LogP contribution in [0.5, 0.6) is 5.75 Å². The highest BCUT2D eigenvalue weighted by Gasteiger charge is 2.29. The Morgan fingerprint density at radius 2 is 2.22 bits per heavy atom. The molecule has 12 heteroatoms. The Morgan fingerprint density at radius 3 is 2.89 bits per heavy atom. The number of halogens is 3. The first-order valence-electron chi connectivity index (χ1n) is 7.80. The summed E-state index contributed by atoms with van der Waals surface area (Å²) < 4.78 is 43.0. The summed E-state index contributed by atoms with van der Waals surface area (Å²) in [7, 11) is 0. The van der Waals surface area contributed by atoms with Gasteiger partial charge in [0.25, 0.3) is 0 Å². The maximum atomic E-state index is 12.2. The van der Waals surface area contributed by atoms with Crippen LogP contribution in [-0.2, 0) is 4.79 Å². The van der Waals surface area contributed by atoms with Gasteiger partial charge in [-0.25, -0.2) is 4.68 Å². The van der Waals surface area contributed by atoms with E-state index >= 15 is 0 Å². The second-order valence-electron chi connectivity index (χ2n) is 5.70. The standard InChI is InChI=1S/C15H13F3N6O2S/c16-15(17,18)8-26-12-4-1-10(5-9(12)6-19)20-13(25)7-27-14-21-22-23-24(14)11-2-3-11/h1,4-5,11H,2-3,7-8H2,(H,20,25). The van der Waals surface area contributed by atoms with Crippen molar-refractivity contribution in [3.05, 3.63) is 23.8 Å². The van der Waals surface area contributed by atoms with Crippen molar-refractivity contribution in [2.24, 2.45) is 0 Å². The van der Waals surface area contributed by atoms with Crippen LogP contribution in [0.15, 0.2) is 23.4 Å². The number of aromatic nitrogens is 4. The monoisotopic (exact) mass is 398 g/mol. The number of ether oxygens (including phenoxy) is 1. The molecule has 0 spiro atoms. The molecular weight excluding hydrogens is 385 g/mol. The summed E-state index contributed by atoms with van der Waals surface area (Å²) in [6.07, 6.45) is -2.50. The van der Waals surface area contributed by atoms with Crippen molar-refractivity contribution in [3.63, 3.8) is 0 Å². The lowest BCUT2D eigenvalue weighted by atomic mass is 10.2. The predicted molar refractivity (Wildman–Crippen MR) is 88.1 cm³/mol. The number of hydrogen-bond donors (Lipinski definition) is 1. The van der Waals surface area contributed by atoms with E-state index in [-0.39, 0.29) is 34.7 Å². The summed E-state index contributed by atoms with van der Waals surface area (Å²) >= 11 is 1.17. The highest BCUT2D eigenvalue weighted by Crippen LogP contribution is 2.36. The van der Waals surface area contributed by atoms with E-state index in [2.05, 4.69) is 25.6 Å². The van der Waals surface area contributed by atoms with Crippen LogP contribution in [0, 0.1) is 11.3 Å². The number of carbonyl (C=O) groups excluding carboxylic acids is 1. The van der Waals surface area contributed by atoms with Crippen LogP contribution in [0.1, 0.15) is 24.4 Å². The third kappa shape index (κ3) is 5.33. The smallest absolute Gasteiger partial charge is 0.422 e. The zero-order valence-electron chi connectivity index (χ0n) is 13.7. The normalized spacial score (nSPS) is 13.9. The Morgan fingerprint density at radius 1 is 1.44 bits per heavy atom. The lowest BCUT2D eigenvalue weighted by Crippen LogP contribution is -2.19. The second-order valence-corrected chi connectivity index (χ2v) is 6.64. The minimum absolute atomic E-state index is 0.0430. The van der Waals surface area contributed by atoms with E-state index in [0.29, 0.717) is 5.16 Å². The fourth-order valence-electron chi connectivity index (χ4n) is 2.14. The highest BCUT2D eigenvalue weighted by molar-refractivity contribution is 7.99. The molecule has 1 heterocycles. The number of hydrogen-bond acceptors (Lipinski definition) is 7. The molecule has 1 aromatic heterocycles. The molecule has 0 atom stereocenters. The van der Waals surface area contributed by atoms with E-state index in [1.807, 2.05) is 0 Å². The molecule has 0 aliphatic heterocycles. The molecular formula is C15H13F3N6O2S. The molecule has 1 fully saturated rings. The number of carbonyl (C=O) groups is 1. The number of benzene rings is 1. The molecule has 27 heavy (non-hydrogen) atoms. The van der Waals surface area contributed by atoms with E-state index in [1.165, 1.54) is 30.0 Å². The van der Waals surface area contributed by atoms with Gasteiger partial charge in [-0.1, -0.05) is 11.8 Å². The van der Waals surface area contributed by atoms with Gasteiger partial charge in [0.15, 0.2) is 6.61 Å². The summed E-state index contributed by atoms with van der Waals surface area (Å²) in [6, 6.07) is 5.86. The van der Waals surface area contributed by atoms with E-state index in [4.69, 9.17) is 5.26 Å². The third-order valence-electron chi connectivity index (χ3n) is 3.46. The van der Waals surface area contributed by atoms with Crippen molar-refractivity contribution < 1.29 is 22.7 Å². The topological polar surface area (TPSA) is 106 Å². The van der Waals surface area contributed by atoms with Gasteiger partial charge >= 0.3 is 6.18 Å². The number of nitriles is 1. The predicted octanol–water partition coefficient (Wildman–Crippen LogP) is 2.55. The number of thioether (sulfide) groups is 1. The first-order valence-corrected chi connectivity index (χ1v) is 8.78. The SMILES string of the molecule is N#Cc1cc(NC(=O)CSc2nnnn2C2CC2)ccc1OCC(F)(F)F. The van der Waals surface area contributed by atoms with E-state index in [9.17, 15) is 18.0 Å². The van der Waals surface area contributed by atoms with Gasteiger partial charge in [0, 0.05) is 5.69 Å². The molecule has 1 saturated carbocycles. The van der Waals surface area contributed by atoms with Crippen molar-refractivity contribution in [2.45, 2.75) is 30.2 Å². The van der Waals surface area contributed by atoms with Crippen LogP contribution in [-0.4, -0.2) is 44.7 Å². The van der Waals surface area contributed by atoms with Gasteiger partial charge in [0.05, 0.1) is 17.4 Å². The molecule has 8 nitrogen and oxygen atoms in total. The maximum absolute atomic E-state index is 12.2. The van der Waals surface area contributed by atoms with Gasteiger partial charge in [-0.05, 0) is 41.5 Å². The quantitative estimate of drug-likeness (QED) is 0.715. The summed E-state index contributed by atoms with van der Waals surface area (Å²) in [5, 5.41) is 23.5. The van der Waals surface area contributed by atoms with Crippen molar-refractivity contribution in [2.75, 3.05) is 17.7 Å². The maximum Gasteiger partial charge on any atom is 0.422 e. The molecule has 142 valence electrons. The number of tetrazole rings is 1. The van der Waals surface area contributed by atoms with Gasteiger partial charge in [0.2, 0.25) is 11.1 Å². The minimum Gasteiger partial charge on any atom is -0.483 e. The van der Waals surface area contributed by atoms with Crippen LogP contribution in [0.4, 0.5) is 18.9 Å². The molecule has 0 unspecified atom stereocenters. The van der Waals surface area contributed by atoms with Crippen LogP contribution >= 0.6 is 11.8 Å². The molecule has 1 aliphatic rings. The Labute approximate surface area is 155 Å². The summed E-state index contributed by atoms with van der Waals surface area (Å²) in [6.45, 7) is -1.50. The average Bonchev–Trinajstić information content (AvgIpc) is 3.36. The van der Waals surface area contributed by atoms with Gasteiger partial charge in [-0.15, -0.1) is 5.10 Å². The molecule has 0 saturated heterocycles. The van der Waals surface area contributed by atoms with Crippen LogP contribution in [0.2, 0.25) is 0 Å². The Hall–Kier alpha value is -2.81. The largest absolute Gasteiger partial charge is 0.483 e. The molecule has 0 radical (unpaired) electrons. The zero-order chi connectivity index (χ0) is 19.4. The van der Waals surface area contributed by atoms with Gasteiger partial charge in [-0.3, -0.25) is 4.79 Å². The lowest BCUT2D eigenvalue weighted by Gasteiger charge is -2.11. The van der Waals surface area contributed by atoms with E-state index in [0.717, 1.165) is 12.8 Å². The first-order chi connectivity index (χ1) is 12.9. The summed E-state index contributed by atoms with van der Waals surface area (Å²) in [4.78, 5) is 12.1. The van der Waals surface area contributed by atoms with Crippen molar-refractivity contribution in [1.29, 1.82) is 5.26 Å². The molecule has 1 aromatic carbocycles. The number of amides is 1. The minimum atomic E-state index is -4.51. The second kappa shape index (κ2) is 7.83. The van der Waals surface area contributed by atoms with Gasteiger partial charge in [0.1, 0.15) is 11.8 Å². The van der Waals surface area contributed by atoms with Crippen LogP contribution in [0.25, 0.3) is 0 Å². The van der Waals surface area contributed by atoms with E-state index < -0.39 is 12.8 Å². The molecule has 1 aliphatic carbocycles. The van der Waals surface area contributed by atoms with Crippen LogP contribution in [0.3, 0.4) is 0 Å². The zero-order valence-corrected chi connectivity index (χ0v) is 14.5.